The van der Waals surface area contributed by atoms with E-state index in [0.29, 0.717) is 33.9 Å². The summed E-state index contributed by atoms with van der Waals surface area (Å²) in [6, 6.07) is 18.7. The van der Waals surface area contributed by atoms with Gasteiger partial charge in [0.25, 0.3) is 5.91 Å². The lowest BCUT2D eigenvalue weighted by atomic mass is 10.1. The van der Waals surface area contributed by atoms with Gasteiger partial charge in [-0.2, -0.15) is 0 Å². The zero-order valence-electron chi connectivity index (χ0n) is 14.7. The Balaban J connectivity index is 1.72. The van der Waals surface area contributed by atoms with Crippen LogP contribution in [0.15, 0.2) is 77.4 Å². The van der Waals surface area contributed by atoms with E-state index < -0.39 is 6.03 Å². The molecule has 7 nitrogen and oxygen atoms in total. The molecule has 0 fully saturated rings. The van der Waals surface area contributed by atoms with Gasteiger partial charge in [-0.25, -0.2) is 9.78 Å². The Morgan fingerprint density at radius 1 is 0.893 bits per heavy atom. The van der Waals surface area contributed by atoms with Crippen molar-refractivity contribution < 1.29 is 14.0 Å². The van der Waals surface area contributed by atoms with Crippen LogP contribution in [0.3, 0.4) is 0 Å². The highest BCUT2D eigenvalue weighted by Gasteiger charge is 2.15. The fourth-order valence-electron chi connectivity index (χ4n) is 2.93. The van der Waals surface area contributed by atoms with E-state index in [9.17, 15) is 9.59 Å². The number of nitrogens with one attached hydrogen (secondary N) is 2. The van der Waals surface area contributed by atoms with Crippen LogP contribution in [-0.2, 0) is 0 Å². The number of aromatic nitrogens is 1. The number of amides is 3. The summed E-state index contributed by atoms with van der Waals surface area (Å²) in [7, 11) is 0. The van der Waals surface area contributed by atoms with Crippen molar-refractivity contribution in [2.75, 3.05) is 10.6 Å². The molecule has 0 spiro atoms. The summed E-state index contributed by atoms with van der Waals surface area (Å²) in [5.41, 5.74) is 7.87. The highest BCUT2D eigenvalue weighted by atomic mass is 16.3. The molecule has 28 heavy (non-hydrogen) atoms. The molecule has 4 aromatic rings. The molecular formula is C21H16N4O3. The molecule has 0 radical (unpaired) electrons. The average Bonchev–Trinajstić information content (AvgIpc) is 3.21. The summed E-state index contributed by atoms with van der Waals surface area (Å²) in [4.78, 5) is 28.6. The average molecular weight is 372 g/mol. The predicted molar refractivity (Wildman–Crippen MR) is 107 cm³/mol. The van der Waals surface area contributed by atoms with Crippen molar-refractivity contribution in [3.8, 4) is 11.5 Å². The molecule has 0 aliphatic rings. The van der Waals surface area contributed by atoms with Crippen molar-refractivity contribution in [3.05, 3.63) is 78.6 Å². The van der Waals surface area contributed by atoms with E-state index in [4.69, 9.17) is 10.2 Å². The van der Waals surface area contributed by atoms with Crippen LogP contribution in [0.5, 0.6) is 0 Å². The van der Waals surface area contributed by atoms with Crippen LogP contribution in [0, 0.1) is 0 Å². The highest BCUT2D eigenvalue weighted by molar-refractivity contribution is 6.13. The van der Waals surface area contributed by atoms with Crippen LogP contribution < -0.4 is 16.4 Å². The number of nitrogens with zero attached hydrogens (tertiary/aromatic N) is 1. The van der Waals surface area contributed by atoms with Gasteiger partial charge in [0.05, 0.1) is 17.3 Å². The second-order valence-electron chi connectivity index (χ2n) is 6.07. The van der Waals surface area contributed by atoms with Crippen LogP contribution in [-0.4, -0.2) is 16.9 Å². The van der Waals surface area contributed by atoms with Crippen LogP contribution in [0.1, 0.15) is 10.4 Å². The van der Waals surface area contributed by atoms with Crippen LogP contribution >= 0.6 is 0 Å². The molecule has 0 saturated heterocycles. The lowest BCUT2D eigenvalue weighted by Gasteiger charge is -2.11. The van der Waals surface area contributed by atoms with Gasteiger partial charge in [-0.05, 0) is 42.5 Å². The summed E-state index contributed by atoms with van der Waals surface area (Å²) in [5.74, 6) is 0.273. The van der Waals surface area contributed by atoms with E-state index in [0.717, 1.165) is 5.39 Å². The monoisotopic (exact) mass is 372 g/mol. The summed E-state index contributed by atoms with van der Waals surface area (Å²) in [6.07, 6.45) is 1.56. The summed E-state index contributed by atoms with van der Waals surface area (Å²) in [6.45, 7) is 0. The fraction of sp³-hybridized carbons (Fsp3) is 0. The zero-order valence-corrected chi connectivity index (χ0v) is 14.7. The number of benzene rings is 2. The minimum atomic E-state index is -0.674. The van der Waals surface area contributed by atoms with Gasteiger partial charge in [0.15, 0.2) is 5.76 Å². The molecule has 7 heteroatoms. The molecule has 0 aliphatic heterocycles. The van der Waals surface area contributed by atoms with Gasteiger partial charge in [0, 0.05) is 16.8 Å². The first kappa shape index (κ1) is 17.3. The molecule has 138 valence electrons. The maximum Gasteiger partial charge on any atom is 0.316 e. The van der Waals surface area contributed by atoms with Crippen molar-refractivity contribution in [1.82, 2.24) is 4.98 Å². The number of furan rings is 1. The van der Waals surface area contributed by atoms with Gasteiger partial charge in [0.1, 0.15) is 5.69 Å². The topological polar surface area (TPSA) is 110 Å². The molecule has 2 aromatic heterocycles. The molecule has 4 N–H and O–H groups in total. The molecule has 0 unspecified atom stereocenters. The van der Waals surface area contributed by atoms with E-state index in [1.165, 1.54) is 0 Å². The fourth-order valence-corrected chi connectivity index (χ4v) is 2.93. The number of para-hydroxylation sites is 1. The summed E-state index contributed by atoms with van der Waals surface area (Å²) < 4.78 is 5.43. The first-order chi connectivity index (χ1) is 13.6. The minimum Gasteiger partial charge on any atom is -0.463 e. The number of fused-ring (bicyclic) bond motifs is 1. The van der Waals surface area contributed by atoms with Gasteiger partial charge >= 0.3 is 6.03 Å². The lowest BCUT2D eigenvalue weighted by Crippen LogP contribution is -2.19. The molecule has 0 atom stereocenters. The quantitative estimate of drug-likeness (QED) is 0.497. The Morgan fingerprint density at radius 3 is 2.43 bits per heavy atom. The summed E-state index contributed by atoms with van der Waals surface area (Å²) >= 11 is 0. The Labute approximate surface area is 160 Å². The Hall–Kier alpha value is -4.13. The number of rotatable bonds is 4. The summed E-state index contributed by atoms with van der Waals surface area (Å²) in [5, 5.41) is 6.05. The second-order valence-corrected chi connectivity index (χ2v) is 6.07. The Bertz CT molecular complexity index is 1170. The van der Waals surface area contributed by atoms with E-state index >= 15 is 0 Å². The largest absolute Gasteiger partial charge is 0.463 e. The highest BCUT2D eigenvalue weighted by Crippen LogP contribution is 2.26. The number of carbonyl (C=O) groups is 2. The Morgan fingerprint density at radius 2 is 1.68 bits per heavy atom. The third-order valence-corrected chi connectivity index (χ3v) is 4.12. The van der Waals surface area contributed by atoms with Crippen LogP contribution in [0.2, 0.25) is 0 Å². The standard InChI is InChI=1S/C21H16N4O3/c22-21(27)24-14-6-3-5-13(11-14)23-20(26)16-12-18(19-9-4-10-28-19)25-17-8-2-1-7-15(16)17/h1-12H,(H,23,26)(H3,22,24,27). The first-order valence-electron chi connectivity index (χ1n) is 8.52. The van der Waals surface area contributed by atoms with Gasteiger partial charge in [-0.15, -0.1) is 0 Å². The number of nitrogens with two attached hydrogens (primary N) is 1. The predicted octanol–water partition coefficient (Wildman–Crippen LogP) is 4.24. The van der Waals surface area contributed by atoms with Crippen molar-refractivity contribution in [1.29, 1.82) is 0 Å². The minimum absolute atomic E-state index is 0.303. The molecule has 0 bridgehead atoms. The van der Waals surface area contributed by atoms with Crippen molar-refractivity contribution in [3.63, 3.8) is 0 Å². The molecule has 0 saturated carbocycles. The number of hydrogen-bond donors (Lipinski definition) is 3. The maximum absolute atomic E-state index is 13.0. The third kappa shape index (κ3) is 3.54. The molecule has 3 amide bonds. The van der Waals surface area contributed by atoms with E-state index in [1.807, 2.05) is 24.3 Å². The van der Waals surface area contributed by atoms with E-state index in [-0.39, 0.29) is 5.91 Å². The van der Waals surface area contributed by atoms with Gasteiger partial charge in [-0.1, -0.05) is 24.3 Å². The van der Waals surface area contributed by atoms with E-state index in [2.05, 4.69) is 15.6 Å². The number of pyridine rings is 1. The zero-order chi connectivity index (χ0) is 19.5. The Kier molecular flexibility index (Phi) is 4.47. The smallest absolute Gasteiger partial charge is 0.316 e. The van der Waals surface area contributed by atoms with E-state index in [1.54, 1.807) is 48.7 Å². The third-order valence-electron chi connectivity index (χ3n) is 4.12. The number of primary amides is 1. The van der Waals surface area contributed by atoms with Crippen LogP contribution in [0.4, 0.5) is 16.2 Å². The van der Waals surface area contributed by atoms with Gasteiger partial charge in [0.2, 0.25) is 0 Å². The van der Waals surface area contributed by atoms with Gasteiger partial charge in [-0.3, -0.25) is 4.79 Å². The normalized spacial score (nSPS) is 10.6. The number of hydrogen-bond acceptors (Lipinski definition) is 4. The van der Waals surface area contributed by atoms with Gasteiger partial charge < -0.3 is 20.8 Å². The number of urea groups is 1. The first-order valence-corrected chi connectivity index (χ1v) is 8.52. The second kappa shape index (κ2) is 7.24. The van der Waals surface area contributed by atoms with Crippen molar-refractivity contribution in [2.45, 2.75) is 0 Å². The number of anilines is 2. The molecule has 0 aliphatic carbocycles. The van der Waals surface area contributed by atoms with Crippen molar-refractivity contribution in [2.24, 2.45) is 5.73 Å². The molecule has 2 heterocycles. The molecule has 2 aromatic carbocycles. The SMILES string of the molecule is NC(=O)Nc1cccc(NC(=O)c2cc(-c3ccco3)nc3ccccc23)c1. The van der Waals surface area contributed by atoms with Crippen molar-refractivity contribution >= 4 is 34.2 Å². The molecular weight excluding hydrogens is 356 g/mol. The molecule has 4 rings (SSSR count). The maximum atomic E-state index is 13.0. The lowest BCUT2D eigenvalue weighted by molar-refractivity contribution is 0.102. The van der Waals surface area contributed by atoms with Crippen LogP contribution in [0.25, 0.3) is 22.4 Å². The number of carbonyl (C=O) groups excluding carboxylic acids is 2.